The standard InChI is InChI=1S/C17H20N2O3/c1-10-5-6-15(18)11(2)16(10)19-17(20)12-7-13(21-3)9-14(8-12)22-4/h5-9H,18H2,1-4H3,(H,19,20). The molecular weight excluding hydrogens is 280 g/mol. The van der Waals surface area contributed by atoms with Crippen molar-refractivity contribution in [3.8, 4) is 11.5 Å². The van der Waals surface area contributed by atoms with E-state index in [0.717, 1.165) is 16.8 Å². The summed E-state index contributed by atoms with van der Waals surface area (Å²) in [6.45, 7) is 3.80. The van der Waals surface area contributed by atoms with Crippen molar-refractivity contribution in [3.05, 3.63) is 47.0 Å². The molecule has 0 aromatic heterocycles. The number of anilines is 2. The Morgan fingerprint density at radius 2 is 1.64 bits per heavy atom. The van der Waals surface area contributed by atoms with E-state index in [1.54, 1.807) is 32.4 Å². The first-order valence-electron chi connectivity index (χ1n) is 6.86. The second-order valence-electron chi connectivity index (χ2n) is 5.03. The van der Waals surface area contributed by atoms with E-state index in [0.29, 0.717) is 22.7 Å². The fraction of sp³-hybridized carbons (Fsp3) is 0.235. The monoisotopic (exact) mass is 300 g/mol. The third-order valence-electron chi connectivity index (χ3n) is 3.57. The lowest BCUT2D eigenvalue weighted by atomic mass is 10.1. The molecule has 1 amide bonds. The van der Waals surface area contributed by atoms with E-state index in [-0.39, 0.29) is 5.91 Å². The maximum absolute atomic E-state index is 12.5. The summed E-state index contributed by atoms with van der Waals surface area (Å²) in [7, 11) is 3.09. The molecule has 0 aliphatic rings. The lowest BCUT2D eigenvalue weighted by molar-refractivity contribution is 0.102. The van der Waals surface area contributed by atoms with Gasteiger partial charge in [-0.15, -0.1) is 0 Å². The molecule has 0 atom stereocenters. The van der Waals surface area contributed by atoms with Gasteiger partial charge in [0, 0.05) is 23.0 Å². The number of nitrogens with one attached hydrogen (secondary N) is 1. The van der Waals surface area contributed by atoms with Gasteiger partial charge < -0.3 is 20.5 Å². The number of nitrogen functional groups attached to an aromatic ring is 1. The van der Waals surface area contributed by atoms with Gasteiger partial charge in [-0.05, 0) is 43.2 Å². The fourth-order valence-electron chi connectivity index (χ4n) is 2.18. The Morgan fingerprint density at radius 1 is 1.05 bits per heavy atom. The van der Waals surface area contributed by atoms with Crippen molar-refractivity contribution < 1.29 is 14.3 Å². The molecule has 116 valence electrons. The number of hydrogen-bond donors (Lipinski definition) is 2. The van der Waals surface area contributed by atoms with Gasteiger partial charge in [-0.3, -0.25) is 4.79 Å². The summed E-state index contributed by atoms with van der Waals surface area (Å²) in [6, 6.07) is 8.75. The Morgan fingerprint density at radius 3 is 2.18 bits per heavy atom. The topological polar surface area (TPSA) is 73.6 Å². The van der Waals surface area contributed by atoms with Gasteiger partial charge in [0.25, 0.3) is 5.91 Å². The minimum atomic E-state index is -0.242. The van der Waals surface area contributed by atoms with Crippen molar-refractivity contribution >= 4 is 17.3 Å². The molecule has 0 aliphatic carbocycles. The highest BCUT2D eigenvalue weighted by Gasteiger charge is 2.13. The Hall–Kier alpha value is -2.69. The molecule has 3 N–H and O–H groups in total. The molecule has 0 saturated carbocycles. The van der Waals surface area contributed by atoms with Crippen LogP contribution in [0.15, 0.2) is 30.3 Å². The Labute approximate surface area is 130 Å². The van der Waals surface area contributed by atoms with Crippen LogP contribution in [-0.4, -0.2) is 20.1 Å². The highest BCUT2D eigenvalue weighted by atomic mass is 16.5. The van der Waals surface area contributed by atoms with E-state index >= 15 is 0 Å². The number of methoxy groups -OCH3 is 2. The zero-order chi connectivity index (χ0) is 16.3. The molecule has 0 spiro atoms. The quantitative estimate of drug-likeness (QED) is 0.851. The molecule has 0 radical (unpaired) electrons. The number of amides is 1. The van der Waals surface area contributed by atoms with Crippen molar-refractivity contribution in [1.82, 2.24) is 0 Å². The number of carbonyl (C=O) groups is 1. The minimum Gasteiger partial charge on any atom is -0.497 e. The third kappa shape index (κ3) is 3.14. The van der Waals surface area contributed by atoms with Crippen molar-refractivity contribution in [3.63, 3.8) is 0 Å². The molecule has 2 aromatic rings. The van der Waals surface area contributed by atoms with Crippen LogP contribution in [0, 0.1) is 13.8 Å². The molecule has 0 unspecified atom stereocenters. The number of ether oxygens (including phenoxy) is 2. The number of benzene rings is 2. The summed E-state index contributed by atoms with van der Waals surface area (Å²) >= 11 is 0. The second-order valence-corrected chi connectivity index (χ2v) is 5.03. The lowest BCUT2D eigenvalue weighted by Gasteiger charge is -2.14. The summed E-state index contributed by atoms with van der Waals surface area (Å²) in [5.74, 6) is 0.880. The third-order valence-corrected chi connectivity index (χ3v) is 3.57. The normalized spacial score (nSPS) is 10.2. The zero-order valence-electron chi connectivity index (χ0n) is 13.2. The largest absolute Gasteiger partial charge is 0.497 e. The van der Waals surface area contributed by atoms with Gasteiger partial charge in [-0.1, -0.05) is 6.07 Å². The summed E-state index contributed by atoms with van der Waals surface area (Å²) in [6.07, 6.45) is 0. The number of hydrogen-bond acceptors (Lipinski definition) is 4. The summed E-state index contributed by atoms with van der Waals surface area (Å²) in [5.41, 5.74) is 9.53. The van der Waals surface area contributed by atoms with Gasteiger partial charge in [0.2, 0.25) is 0 Å². The zero-order valence-corrected chi connectivity index (χ0v) is 13.2. The molecule has 0 heterocycles. The van der Waals surface area contributed by atoms with Crippen molar-refractivity contribution in [2.45, 2.75) is 13.8 Å². The Bertz CT molecular complexity index is 689. The maximum Gasteiger partial charge on any atom is 0.255 e. The van der Waals surface area contributed by atoms with Crippen LogP contribution in [0.3, 0.4) is 0 Å². The van der Waals surface area contributed by atoms with Crippen LogP contribution >= 0.6 is 0 Å². The molecule has 2 aromatic carbocycles. The van der Waals surface area contributed by atoms with Crippen LogP contribution < -0.4 is 20.5 Å². The van der Waals surface area contributed by atoms with E-state index in [2.05, 4.69) is 5.32 Å². The predicted molar refractivity (Wildman–Crippen MR) is 87.8 cm³/mol. The smallest absolute Gasteiger partial charge is 0.255 e. The van der Waals surface area contributed by atoms with Crippen LogP contribution in [0.4, 0.5) is 11.4 Å². The van der Waals surface area contributed by atoms with E-state index in [9.17, 15) is 4.79 Å². The molecule has 5 heteroatoms. The number of nitrogens with two attached hydrogens (primary N) is 1. The molecule has 0 saturated heterocycles. The van der Waals surface area contributed by atoms with E-state index in [4.69, 9.17) is 15.2 Å². The summed E-state index contributed by atoms with van der Waals surface area (Å²) < 4.78 is 10.4. The van der Waals surface area contributed by atoms with E-state index < -0.39 is 0 Å². The molecule has 0 aliphatic heterocycles. The molecular formula is C17H20N2O3. The molecule has 22 heavy (non-hydrogen) atoms. The van der Waals surface area contributed by atoms with Gasteiger partial charge in [0.05, 0.1) is 14.2 Å². The van der Waals surface area contributed by atoms with Crippen LogP contribution in [0.1, 0.15) is 21.5 Å². The van der Waals surface area contributed by atoms with Gasteiger partial charge >= 0.3 is 0 Å². The van der Waals surface area contributed by atoms with Crippen LogP contribution in [0.25, 0.3) is 0 Å². The molecule has 2 rings (SSSR count). The van der Waals surface area contributed by atoms with Gasteiger partial charge in [0.1, 0.15) is 11.5 Å². The number of rotatable bonds is 4. The van der Waals surface area contributed by atoms with Crippen molar-refractivity contribution in [2.75, 3.05) is 25.3 Å². The van der Waals surface area contributed by atoms with Gasteiger partial charge in [0.15, 0.2) is 0 Å². The first kappa shape index (κ1) is 15.7. The predicted octanol–water partition coefficient (Wildman–Crippen LogP) is 3.16. The SMILES string of the molecule is COc1cc(OC)cc(C(=O)Nc2c(C)ccc(N)c2C)c1. The number of carbonyl (C=O) groups excluding carboxylic acids is 1. The van der Waals surface area contributed by atoms with Crippen LogP contribution in [0.5, 0.6) is 11.5 Å². The molecule has 0 fully saturated rings. The van der Waals surface area contributed by atoms with Crippen LogP contribution in [-0.2, 0) is 0 Å². The summed E-state index contributed by atoms with van der Waals surface area (Å²) in [5, 5.41) is 2.91. The van der Waals surface area contributed by atoms with Gasteiger partial charge in [-0.2, -0.15) is 0 Å². The molecule has 5 nitrogen and oxygen atoms in total. The van der Waals surface area contributed by atoms with E-state index in [1.807, 2.05) is 26.0 Å². The summed E-state index contributed by atoms with van der Waals surface area (Å²) in [4.78, 5) is 12.5. The molecule has 0 bridgehead atoms. The Balaban J connectivity index is 2.36. The fourth-order valence-corrected chi connectivity index (χ4v) is 2.18. The maximum atomic E-state index is 12.5. The first-order chi connectivity index (χ1) is 10.5. The highest BCUT2D eigenvalue weighted by molar-refractivity contribution is 6.06. The lowest BCUT2D eigenvalue weighted by Crippen LogP contribution is -2.14. The minimum absolute atomic E-state index is 0.242. The first-order valence-corrected chi connectivity index (χ1v) is 6.86. The van der Waals surface area contributed by atoms with Crippen molar-refractivity contribution in [2.24, 2.45) is 0 Å². The van der Waals surface area contributed by atoms with Crippen LogP contribution in [0.2, 0.25) is 0 Å². The average Bonchev–Trinajstić information content (AvgIpc) is 2.54. The number of aryl methyl sites for hydroxylation is 1. The average molecular weight is 300 g/mol. The second kappa shape index (κ2) is 6.39. The van der Waals surface area contributed by atoms with E-state index in [1.165, 1.54) is 0 Å². The Kier molecular flexibility index (Phi) is 4.56. The van der Waals surface area contributed by atoms with Crippen molar-refractivity contribution in [1.29, 1.82) is 0 Å². The van der Waals surface area contributed by atoms with Gasteiger partial charge in [-0.25, -0.2) is 0 Å². The highest BCUT2D eigenvalue weighted by Crippen LogP contribution is 2.27.